The number of hydrogen-bond acceptors (Lipinski definition) is 3. The van der Waals surface area contributed by atoms with E-state index in [0.717, 1.165) is 0 Å². The van der Waals surface area contributed by atoms with Crippen LogP contribution in [0.2, 0.25) is 0 Å². The number of hydrogen-bond donors (Lipinski definition) is 0. The first-order valence-corrected chi connectivity index (χ1v) is 9.92. The Balaban J connectivity index is 1.99. The van der Waals surface area contributed by atoms with Crippen molar-refractivity contribution >= 4 is 30.0 Å². The average Bonchev–Trinajstić information content (AvgIpc) is 3.02. The number of rotatable bonds is 3. The zero-order valence-electron chi connectivity index (χ0n) is 12.0. The van der Waals surface area contributed by atoms with Crippen molar-refractivity contribution < 1.29 is 9.53 Å². The molecule has 3 rings (SSSR count). The molecule has 2 aliphatic rings. The topological polar surface area (TPSA) is 26.3 Å². The lowest BCUT2D eigenvalue weighted by atomic mass is 9.98. The van der Waals surface area contributed by atoms with Crippen LogP contribution in [0.3, 0.4) is 0 Å². The highest BCUT2D eigenvalue weighted by molar-refractivity contribution is 8.47. The van der Waals surface area contributed by atoms with Gasteiger partial charge in [0.05, 0.1) is 17.6 Å². The number of ether oxygens (including phenoxy) is 1. The molecule has 1 aliphatic heterocycles. The third-order valence-corrected chi connectivity index (χ3v) is 9.98. The summed E-state index contributed by atoms with van der Waals surface area (Å²) in [6.45, 7) is 4.75. The summed E-state index contributed by atoms with van der Waals surface area (Å²) in [6.07, 6.45) is 0. The Labute approximate surface area is 126 Å². The Morgan fingerprint density at radius 2 is 2.05 bits per heavy atom. The molecule has 1 saturated carbocycles. The van der Waals surface area contributed by atoms with E-state index in [2.05, 4.69) is 31.8 Å². The Morgan fingerprint density at radius 3 is 2.65 bits per heavy atom. The van der Waals surface area contributed by atoms with Gasteiger partial charge in [-0.05, 0) is 38.0 Å². The van der Waals surface area contributed by atoms with Crippen LogP contribution in [0.25, 0.3) is 0 Å². The normalized spacial score (nSPS) is 38.1. The van der Waals surface area contributed by atoms with E-state index in [9.17, 15) is 4.79 Å². The van der Waals surface area contributed by atoms with Gasteiger partial charge in [0, 0.05) is 11.2 Å². The van der Waals surface area contributed by atoms with Gasteiger partial charge < -0.3 is 17.0 Å². The van der Waals surface area contributed by atoms with Gasteiger partial charge in [0.25, 0.3) is 0 Å². The van der Waals surface area contributed by atoms with E-state index < -0.39 is 6.46 Å². The van der Waals surface area contributed by atoms with Gasteiger partial charge in [-0.25, -0.2) is 0 Å². The standard InChI is InChI=1S/C16H19O2PS/c1-4-18-15(17)13-14-16(13,3)11(2)10-19(14,20)12-8-6-5-7-9-12/h5-10,13-14H,4H2,1-3H3/t13-,14+,16+,19?/m0/s1. The highest BCUT2D eigenvalue weighted by Gasteiger charge is 2.78. The summed E-state index contributed by atoms with van der Waals surface area (Å²) in [5.74, 6) is 2.16. The molecule has 2 nitrogen and oxygen atoms in total. The van der Waals surface area contributed by atoms with Crippen LogP contribution in [0.15, 0.2) is 41.7 Å². The van der Waals surface area contributed by atoms with Crippen LogP contribution in [0.5, 0.6) is 0 Å². The summed E-state index contributed by atoms with van der Waals surface area (Å²) in [5, 5.41) is 1.22. The number of fused-ring (bicyclic) bond motifs is 1. The lowest BCUT2D eigenvalue weighted by Crippen LogP contribution is -2.16. The molecule has 1 heterocycles. The van der Waals surface area contributed by atoms with E-state index in [1.165, 1.54) is 10.9 Å². The molecule has 4 atom stereocenters. The first kappa shape index (κ1) is 14.2. The molecule has 20 heavy (non-hydrogen) atoms. The van der Waals surface area contributed by atoms with Gasteiger partial charge in [-0.15, -0.1) is 0 Å². The fraction of sp³-hybridized carbons (Fsp3) is 0.438. The van der Waals surface area contributed by atoms with Gasteiger partial charge in [-0.2, -0.15) is 0 Å². The molecule has 1 fully saturated rings. The van der Waals surface area contributed by atoms with Crippen molar-refractivity contribution in [3.05, 3.63) is 41.7 Å². The molecule has 1 aliphatic carbocycles. The SMILES string of the molecule is CCOC(=O)[C@@H]1[C@@H]2[C@]1(C)C(C)=C[P+]2([S-])c1ccccc1. The summed E-state index contributed by atoms with van der Waals surface area (Å²) in [5.41, 5.74) is 1.46. The molecular formula is C16H19O2PS. The monoisotopic (exact) mass is 306 g/mol. The maximum atomic E-state index is 12.2. The predicted molar refractivity (Wildman–Crippen MR) is 86.1 cm³/mol. The summed E-state index contributed by atoms with van der Waals surface area (Å²) in [7, 11) is 0. The van der Waals surface area contributed by atoms with E-state index in [1.807, 2.05) is 25.1 Å². The molecular weight excluding hydrogens is 287 g/mol. The molecule has 4 heteroatoms. The molecule has 0 saturated heterocycles. The molecule has 1 unspecified atom stereocenters. The van der Waals surface area contributed by atoms with Gasteiger partial charge in [0.2, 0.25) is 0 Å². The summed E-state index contributed by atoms with van der Waals surface area (Å²) >= 11 is 6.05. The van der Waals surface area contributed by atoms with Crippen molar-refractivity contribution in [2.75, 3.05) is 6.61 Å². The van der Waals surface area contributed by atoms with E-state index in [-0.39, 0.29) is 23.0 Å². The Hall–Kier alpha value is -0.790. The summed E-state index contributed by atoms with van der Waals surface area (Å²) in [6, 6.07) is 10.3. The van der Waals surface area contributed by atoms with Gasteiger partial charge >= 0.3 is 5.97 Å². The molecule has 0 aromatic heterocycles. The number of carbonyl (C=O) groups excluding carboxylic acids is 1. The smallest absolute Gasteiger partial charge is 0.313 e. The molecule has 0 spiro atoms. The average molecular weight is 306 g/mol. The van der Waals surface area contributed by atoms with Crippen LogP contribution < -0.4 is 5.30 Å². The van der Waals surface area contributed by atoms with Gasteiger partial charge in [-0.3, -0.25) is 4.79 Å². The van der Waals surface area contributed by atoms with Crippen molar-refractivity contribution in [3.8, 4) is 0 Å². The zero-order valence-corrected chi connectivity index (χ0v) is 13.7. The minimum Gasteiger partial charge on any atom is -0.546 e. The van der Waals surface area contributed by atoms with Crippen LogP contribution >= 0.6 is 6.46 Å². The van der Waals surface area contributed by atoms with Crippen LogP contribution in [-0.2, 0) is 21.8 Å². The largest absolute Gasteiger partial charge is 0.546 e. The second kappa shape index (κ2) is 4.61. The highest BCUT2D eigenvalue weighted by atomic mass is 32.7. The Kier molecular flexibility index (Phi) is 3.26. The fourth-order valence-corrected chi connectivity index (χ4v) is 9.53. The van der Waals surface area contributed by atoms with Crippen LogP contribution in [0.4, 0.5) is 0 Å². The molecule has 0 bridgehead atoms. The first-order chi connectivity index (χ1) is 9.46. The van der Waals surface area contributed by atoms with Gasteiger partial charge in [0.15, 0.2) is 0 Å². The fourth-order valence-electron chi connectivity index (χ4n) is 3.60. The number of benzene rings is 1. The van der Waals surface area contributed by atoms with E-state index in [4.69, 9.17) is 17.0 Å². The van der Waals surface area contributed by atoms with Crippen LogP contribution in [0, 0.1) is 11.3 Å². The second-order valence-electron chi connectivity index (χ2n) is 5.81. The second-order valence-corrected chi connectivity index (χ2v) is 10.4. The lowest BCUT2D eigenvalue weighted by molar-refractivity contribution is -0.145. The van der Waals surface area contributed by atoms with E-state index in [0.29, 0.717) is 6.61 Å². The highest BCUT2D eigenvalue weighted by Crippen LogP contribution is 2.85. The quantitative estimate of drug-likeness (QED) is 0.487. The van der Waals surface area contributed by atoms with Gasteiger partial charge in [0.1, 0.15) is 5.92 Å². The predicted octanol–water partition coefficient (Wildman–Crippen LogP) is 3.28. The number of allylic oxidation sites excluding steroid dienone is 1. The third kappa shape index (κ3) is 1.72. The third-order valence-electron chi connectivity index (χ3n) is 4.82. The van der Waals surface area contributed by atoms with Crippen molar-refractivity contribution in [2.45, 2.75) is 26.4 Å². The molecule has 0 amide bonds. The van der Waals surface area contributed by atoms with E-state index in [1.54, 1.807) is 0 Å². The van der Waals surface area contributed by atoms with E-state index >= 15 is 0 Å². The van der Waals surface area contributed by atoms with Crippen molar-refractivity contribution in [3.63, 3.8) is 0 Å². The molecule has 0 radical (unpaired) electrons. The number of esters is 1. The van der Waals surface area contributed by atoms with Crippen LogP contribution in [-0.4, -0.2) is 18.2 Å². The van der Waals surface area contributed by atoms with Gasteiger partial charge in [-0.1, -0.05) is 25.1 Å². The molecule has 1 aromatic rings. The summed E-state index contributed by atoms with van der Waals surface area (Å²) < 4.78 is 5.25. The minimum atomic E-state index is -1.82. The van der Waals surface area contributed by atoms with Crippen LogP contribution in [0.1, 0.15) is 20.8 Å². The molecule has 0 N–H and O–H groups in total. The van der Waals surface area contributed by atoms with Crippen molar-refractivity contribution in [2.24, 2.45) is 11.3 Å². The number of carbonyl (C=O) groups is 1. The molecule has 106 valence electrons. The van der Waals surface area contributed by atoms with Crippen molar-refractivity contribution in [1.29, 1.82) is 0 Å². The maximum absolute atomic E-state index is 12.2. The zero-order chi connectivity index (χ0) is 14.5. The summed E-state index contributed by atoms with van der Waals surface area (Å²) in [4.78, 5) is 12.2. The first-order valence-electron chi connectivity index (χ1n) is 6.98. The molecule has 1 aromatic carbocycles. The Morgan fingerprint density at radius 1 is 1.40 bits per heavy atom. The minimum absolute atomic E-state index is 0.0431. The Bertz CT molecular complexity index is 585. The lowest BCUT2D eigenvalue weighted by Gasteiger charge is -2.28. The maximum Gasteiger partial charge on any atom is 0.313 e. The van der Waals surface area contributed by atoms with Crippen molar-refractivity contribution in [1.82, 2.24) is 0 Å².